The SMILES string of the molecule is CCC(C)(C)N=C(Nc1ccc2c(c1)OCO2)C(C#N)S(C)(=O)=O. The summed E-state index contributed by atoms with van der Waals surface area (Å²) in [5.74, 6) is 1.28. The first-order valence-electron chi connectivity index (χ1n) is 7.51. The van der Waals surface area contributed by atoms with Gasteiger partial charge in [-0.1, -0.05) is 6.92 Å². The quantitative estimate of drug-likeness (QED) is 0.645. The summed E-state index contributed by atoms with van der Waals surface area (Å²) in [5.41, 5.74) is 0.0761. The molecule has 1 aliphatic rings. The maximum Gasteiger partial charge on any atom is 0.231 e. The summed E-state index contributed by atoms with van der Waals surface area (Å²) >= 11 is 0. The molecule has 0 saturated carbocycles. The number of nitriles is 1. The Labute approximate surface area is 142 Å². The van der Waals surface area contributed by atoms with Crippen LogP contribution in [0.5, 0.6) is 11.5 Å². The Morgan fingerprint density at radius 1 is 1.42 bits per heavy atom. The molecule has 0 bridgehead atoms. The van der Waals surface area contributed by atoms with E-state index in [-0.39, 0.29) is 12.6 Å². The van der Waals surface area contributed by atoms with Crippen LogP contribution >= 0.6 is 0 Å². The van der Waals surface area contributed by atoms with Gasteiger partial charge in [-0.15, -0.1) is 0 Å². The topological polar surface area (TPSA) is 101 Å². The van der Waals surface area contributed by atoms with Crippen molar-refractivity contribution in [2.75, 3.05) is 18.4 Å². The van der Waals surface area contributed by atoms with Crippen LogP contribution < -0.4 is 14.8 Å². The molecule has 0 aliphatic carbocycles. The molecule has 0 radical (unpaired) electrons. The van der Waals surface area contributed by atoms with Gasteiger partial charge in [0, 0.05) is 18.0 Å². The van der Waals surface area contributed by atoms with Crippen molar-refractivity contribution < 1.29 is 17.9 Å². The Morgan fingerprint density at radius 2 is 2.08 bits per heavy atom. The molecule has 0 spiro atoms. The van der Waals surface area contributed by atoms with Crippen molar-refractivity contribution in [2.45, 2.75) is 38.0 Å². The highest BCUT2D eigenvalue weighted by atomic mass is 32.2. The van der Waals surface area contributed by atoms with Gasteiger partial charge in [0.1, 0.15) is 5.84 Å². The molecule has 7 nitrogen and oxygen atoms in total. The number of benzene rings is 1. The fourth-order valence-corrected chi connectivity index (χ4v) is 2.75. The van der Waals surface area contributed by atoms with Crippen molar-refractivity contribution in [2.24, 2.45) is 4.99 Å². The van der Waals surface area contributed by atoms with E-state index in [1.165, 1.54) is 0 Å². The fraction of sp³-hybridized carbons (Fsp3) is 0.500. The lowest BCUT2D eigenvalue weighted by Gasteiger charge is -2.22. The summed E-state index contributed by atoms with van der Waals surface area (Å²) < 4.78 is 34.5. The van der Waals surface area contributed by atoms with E-state index in [9.17, 15) is 13.7 Å². The lowest BCUT2D eigenvalue weighted by atomic mass is 10.0. The second-order valence-electron chi connectivity index (χ2n) is 6.19. The summed E-state index contributed by atoms with van der Waals surface area (Å²) in [4.78, 5) is 4.49. The molecule has 1 atom stereocenters. The third-order valence-electron chi connectivity index (χ3n) is 3.73. The van der Waals surface area contributed by atoms with Crippen molar-refractivity contribution in [1.82, 2.24) is 0 Å². The average molecular weight is 351 g/mol. The number of fused-ring (bicyclic) bond motifs is 1. The number of ether oxygens (including phenoxy) is 2. The molecule has 1 unspecified atom stereocenters. The summed E-state index contributed by atoms with van der Waals surface area (Å²) in [5, 5.41) is 10.9. The van der Waals surface area contributed by atoms with Gasteiger partial charge >= 0.3 is 0 Å². The maximum atomic E-state index is 12.0. The minimum absolute atomic E-state index is 0.103. The van der Waals surface area contributed by atoms with Gasteiger partial charge in [-0.05, 0) is 32.4 Å². The van der Waals surface area contributed by atoms with E-state index < -0.39 is 20.6 Å². The van der Waals surface area contributed by atoms with Crippen molar-refractivity contribution in [3.63, 3.8) is 0 Å². The first-order chi connectivity index (χ1) is 11.2. The van der Waals surface area contributed by atoms with E-state index in [1.54, 1.807) is 18.2 Å². The van der Waals surface area contributed by atoms with Gasteiger partial charge in [-0.25, -0.2) is 8.42 Å². The number of amidine groups is 1. The number of hydrogen-bond acceptors (Lipinski definition) is 6. The number of hydrogen-bond donors (Lipinski definition) is 1. The zero-order valence-electron chi connectivity index (χ0n) is 14.2. The largest absolute Gasteiger partial charge is 0.454 e. The number of nitrogens with one attached hydrogen (secondary N) is 1. The molecule has 24 heavy (non-hydrogen) atoms. The molecule has 8 heteroatoms. The summed E-state index contributed by atoms with van der Waals surface area (Å²) in [6.07, 6.45) is 1.72. The second-order valence-corrected chi connectivity index (χ2v) is 8.33. The Kier molecular flexibility index (Phi) is 5.04. The van der Waals surface area contributed by atoms with Crippen molar-refractivity contribution in [3.8, 4) is 17.6 Å². The Bertz CT molecular complexity index is 794. The first kappa shape index (κ1) is 18.1. The number of aliphatic imine (C=N–C) groups is 1. The van der Waals surface area contributed by atoms with E-state index in [0.29, 0.717) is 23.6 Å². The van der Waals surface area contributed by atoms with Crippen LogP contribution in [0, 0.1) is 11.3 Å². The molecule has 0 amide bonds. The van der Waals surface area contributed by atoms with E-state index in [0.717, 1.165) is 6.26 Å². The Balaban J connectivity index is 2.42. The zero-order chi connectivity index (χ0) is 18.0. The number of anilines is 1. The van der Waals surface area contributed by atoms with Crippen molar-refractivity contribution >= 4 is 21.4 Å². The van der Waals surface area contributed by atoms with Crippen LogP contribution in [0.1, 0.15) is 27.2 Å². The highest BCUT2D eigenvalue weighted by Crippen LogP contribution is 2.34. The highest BCUT2D eigenvalue weighted by Gasteiger charge is 2.29. The molecule has 1 aromatic rings. The van der Waals surface area contributed by atoms with E-state index in [4.69, 9.17) is 9.47 Å². The van der Waals surface area contributed by atoms with Gasteiger partial charge in [0.15, 0.2) is 21.3 Å². The van der Waals surface area contributed by atoms with Gasteiger partial charge in [0.25, 0.3) is 0 Å². The molecular formula is C16H21N3O4S. The summed E-state index contributed by atoms with van der Waals surface area (Å²) in [7, 11) is -3.64. The minimum atomic E-state index is -3.64. The predicted octanol–water partition coefficient (Wildman–Crippen LogP) is 2.35. The standard InChI is InChI=1S/C16H21N3O4S/c1-5-16(2,3)19-15(14(9-17)24(4,20)21)18-11-6-7-12-13(8-11)23-10-22-12/h6-8,14H,5,10H2,1-4H3,(H,18,19). The van der Waals surface area contributed by atoms with Crippen molar-refractivity contribution in [1.29, 1.82) is 5.26 Å². The first-order valence-corrected chi connectivity index (χ1v) is 9.46. The molecular weight excluding hydrogens is 330 g/mol. The number of nitrogens with zero attached hydrogens (tertiary/aromatic N) is 2. The van der Waals surface area contributed by atoms with E-state index >= 15 is 0 Å². The zero-order valence-corrected chi connectivity index (χ0v) is 15.0. The lowest BCUT2D eigenvalue weighted by molar-refractivity contribution is 0.174. The minimum Gasteiger partial charge on any atom is -0.454 e. The van der Waals surface area contributed by atoms with Crippen LogP contribution in [0.4, 0.5) is 5.69 Å². The third-order valence-corrected chi connectivity index (χ3v) is 4.91. The molecule has 0 saturated heterocycles. The van der Waals surface area contributed by atoms with Crippen LogP contribution in [0.3, 0.4) is 0 Å². The van der Waals surface area contributed by atoms with E-state index in [1.807, 2.05) is 26.8 Å². The third kappa shape index (κ3) is 4.17. The van der Waals surface area contributed by atoms with Gasteiger partial charge in [0.2, 0.25) is 12.0 Å². The summed E-state index contributed by atoms with van der Waals surface area (Å²) in [6, 6.07) is 6.95. The van der Waals surface area contributed by atoms with Crippen LogP contribution in [0.25, 0.3) is 0 Å². The van der Waals surface area contributed by atoms with Crippen LogP contribution in [-0.4, -0.2) is 38.1 Å². The number of rotatable bonds is 5. The predicted molar refractivity (Wildman–Crippen MR) is 92.2 cm³/mol. The van der Waals surface area contributed by atoms with E-state index in [2.05, 4.69) is 10.3 Å². The maximum absolute atomic E-state index is 12.0. The second kappa shape index (κ2) is 6.69. The van der Waals surface area contributed by atoms with Crippen LogP contribution in [0.15, 0.2) is 23.2 Å². The Hall–Kier alpha value is -2.27. The molecule has 0 aromatic heterocycles. The monoisotopic (exact) mass is 351 g/mol. The Morgan fingerprint density at radius 3 is 2.67 bits per heavy atom. The normalized spacial score (nSPS) is 15.7. The van der Waals surface area contributed by atoms with Crippen LogP contribution in [-0.2, 0) is 9.84 Å². The molecule has 2 rings (SSSR count). The highest BCUT2D eigenvalue weighted by molar-refractivity contribution is 7.92. The molecule has 1 N–H and O–H groups in total. The van der Waals surface area contributed by atoms with Gasteiger partial charge in [0.05, 0.1) is 11.6 Å². The molecule has 1 aliphatic heterocycles. The summed E-state index contributed by atoms with van der Waals surface area (Å²) in [6.45, 7) is 5.85. The molecule has 1 aromatic carbocycles. The van der Waals surface area contributed by atoms with Gasteiger partial charge in [-0.3, -0.25) is 4.99 Å². The van der Waals surface area contributed by atoms with Crippen LogP contribution in [0.2, 0.25) is 0 Å². The molecule has 130 valence electrons. The fourth-order valence-electron chi connectivity index (χ4n) is 2.04. The number of sulfone groups is 1. The average Bonchev–Trinajstić information content (AvgIpc) is 2.93. The molecule has 1 heterocycles. The van der Waals surface area contributed by atoms with Crippen molar-refractivity contribution in [3.05, 3.63) is 18.2 Å². The smallest absolute Gasteiger partial charge is 0.231 e. The molecule has 0 fully saturated rings. The van der Waals surface area contributed by atoms with Gasteiger partial charge in [-0.2, -0.15) is 5.26 Å². The lowest BCUT2D eigenvalue weighted by Crippen LogP contribution is -2.36. The van der Waals surface area contributed by atoms with Gasteiger partial charge < -0.3 is 14.8 Å².